The van der Waals surface area contributed by atoms with Crippen LogP contribution in [-0.4, -0.2) is 19.0 Å². The summed E-state index contributed by atoms with van der Waals surface area (Å²) in [6.45, 7) is 6.24. The molecule has 0 radical (unpaired) electrons. The van der Waals surface area contributed by atoms with Crippen LogP contribution in [0.4, 0.5) is 0 Å². The van der Waals surface area contributed by atoms with Gasteiger partial charge in [-0.05, 0) is 31.1 Å². The minimum Gasteiger partial charge on any atom is -0.370 e. The molecule has 3 heteroatoms. The lowest BCUT2D eigenvalue weighted by Gasteiger charge is -2.25. The van der Waals surface area contributed by atoms with Gasteiger partial charge in [0.05, 0.1) is 0 Å². The Balaban J connectivity index is 2.38. The average Bonchev–Trinajstić information content (AvgIpc) is 2.73. The van der Waals surface area contributed by atoms with Crippen LogP contribution in [0.25, 0.3) is 0 Å². The number of nitrogens with zero attached hydrogens (tertiary/aromatic N) is 1. The van der Waals surface area contributed by atoms with E-state index in [4.69, 9.17) is 5.73 Å². The molecule has 0 aromatic heterocycles. The molecule has 1 saturated carbocycles. The van der Waals surface area contributed by atoms with Crippen LogP contribution >= 0.6 is 0 Å². The summed E-state index contributed by atoms with van der Waals surface area (Å²) in [5.74, 6) is 0.622. The van der Waals surface area contributed by atoms with Crippen LogP contribution in [0.1, 0.15) is 52.4 Å². The SMILES string of the molecule is CCCNC(N)=NCC1(CC)CCCC1. The number of rotatable bonds is 5. The van der Waals surface area contributed by atoms with Crippen LogP contribution in [0.15, 0.2) is 4.99 Å². The third-order valence-electron chi connectivity index (χ3n) is 3.56. The van der Waals surface area contributed by atoms with Crippen LogP contribution in [-0.2, 0) is 0 Å². The molecular formula is C12H25N3. The summed E-state index contributed by atoms with van der Waals surface area (Å²) in [5.41, 5.74) is 6.25. The number of aliphatic imine (C=N–C) groups is 1. The van der Waals surface area contributed by atoms with Crippen molar-refractivity contribution in [2.24, 2.45) is 16.1 Å². The van der Waals surface area contributed by atoms with E-state index in [-0.39, 0.29) is 0 Å². The predicted molar refractivity (Wildman–Crippen MR) is 66.0 cm³/mol. The van der Waals surface area contributed by atoms with Gasteiger partial charge >= 0.3 is 0 Å². The van der Waals surface area contributed by atoms with E-state index in [0.717, 1.165) is 19.5 Å². The zero-order valence-corrected chi connectivity index (χ0v) is 10.2. The molecule has 1 fully saturated rings. The molecule has 3 nitrogen and oxygen atoms in total. The summed E-state index contributed by atoms with van der Waals surface area (Å²) in [6, 6.07) is 0. The quantitative estimate of drug-likeness (QED) is 0.541. The maximum atomic E-state index is 5.79. The molecule has 0 aromatic carbocycles. The summed E-state index contributed by atoms with van der Waals surface area (Å²) < 4.78 is 0. The molecule has 1 aliphatic carbocycles. The van der Waals surface area contributed by atoms with Crippen LogP contribution in [0.3, 0.4) is 0 Å². The van der Waals surface area contributed by atoms with E-state index in [1.165, 1.54) is 32.1 Å². The average molecular weight is 211 g/mol. The van der Waals surface area contributed by atoms with Crippen molar-refractivity contribution in [3.05, 3.63) is 0 Å². The minimum atomic E-state index is 0.457. The van der Waals surface area contributed by atoms with Gasteiger partial charge in [0, 0.05) is 13.1 Å². The minimum absolute atomic E-state index is 0.457. The first-order valence-electron chi connectivity index (χ1n) is 6.26. The van der Waals surface area contributed by atoms with Gasteiger partial charge in [-0.3, -0.25) is 4.99 Å². The summed E-state index contributed by atoms with van der Waals surface area (Å²) in [5, 5.41) is 3.13. The molecule has 88 valence electrons. The van der Waals surface area contributed by atoms with Crippen molar-refractivity contribution in [3.63, 3.8) is 0 Å². The monoisotopic (exact) mass is 211 g/mol. The summed E-state index contributed by atoms with van der Waals surface area (Å²) in [4.78, 5) is 4.47. The topological polar surface area (TPSA) is 50.4 Å². The first-order chi connectivity index (χ1) is 7.22. The Labute approximate surface area is 93.5 Å². The molecule has 0 spiro atoms. The van der Waals surface area contributed by atoms with Crippen molar-refractivity contribution in [1.82, 2.24) is 5.32 Å². The van der Waals surface area contributed by atoms with E-state index in [0.29, 0.717) is 11.4 Å². The van der Waals surface area contributed by atoms with E-state index in [2.05, 4.69) is 24.2 Å². The van der Waals surface area contributed by atoms with Gasteiger partial charge in [-0.15, -0.1) is 0 Å². The largest absolute Gasteiger partial charge is 0.370 e. The van der Waals surface area contributed by atoms with Crippen molar-refractivity contribution in [2.75, 3.05) is 13.1 Å². The molecule has 0 heterocycles. The Morgan fingerprint density at radius 1 is 1.33 bits per heavy atom. The second-order valence-corrected chi connectivity index (χ2v) is 4.69. The van der Waals surface area contributed by atoms with Crippen molar-refractivity contribution in [3.8, 4) is 0 Å². The molecular weight excluding hydrogens is 186 g/mol. The molecule has 1 aliphatic rings. The highest BCUT2D eigenvalue weighted by molar-refractivity contribution is 5.77. The highest BCUT2D eigenvalue weighted by atomic mass is 15.1. The molecule has 1 rings (SSSR count). The molecule has 0 atom stereocenters. The highest BCUT2D eigenvalue weighted by Crippen LogP contribution is 2.40. The number of hydrogen-bond acceptors (Lipinski definition) is 1. The number of nitrogens with one attached hydrogen (secondary N) is 1. The molecule has 3 N–H and O–H groups in total. The van der Waals surface area contributed by atoms with E-state index in [1.54, 1.807) is 0 Å². The van der Waals surface area contributed by atoms with Crippen molar-refractivity contribution >= 4 is 5.96 Å². The Morgan fingerprint density at radius 3 is 2.53 bits per heavy atom. The zero-order valence-electron chi connectivity index (χ0n) is 10.2. The molecule has 0 saturated heterocycles. The van der Waals surface area contributed by atoms with Gasteiger partial charge in [-0.1, -0.05) is 26.7 Å². The molecule has 15 heavy (non-hydrogen) atoms. The van der Waals surface area contributed by atoms with Gasteiger partial charge < -0.3 is 11.1 Å². The zero-order chi connectivity index (χ0) is 11.1. The number of hydrogen-bond donors (Lipinski definition) is 2. The van der Waals surface area contributed by atoms with Gasteiger partial charge in [0.1, 0.15) is 0 Å². The van der Waals surface area contributed by atoms with Gasteiger partial charge in [-0.25, -0.2) is 0 Å². The van der Waals surface area contributed by atoms with Crippen molar-refractivity contribution in [1.29, 1.82) is 0 Å². The molecule has 0 unspecified atom stereocenters. The third kappa shape index (κ3) is 3.73. The standard InChI is InChI=1S/C12H25N3/c1-3-9-14-11(13)15-10-12(4-2)7-5-6-8-12/h3-10H2,1-2H3,(H3,13,14,15). The van der Waals surface area contributed by atoms with Crippen molar-refractivity contribution < 1.29 is 0 Å². The third-order valence-corrected chi connectivity index (χ3v) is 3.56. The Bertz CT molecular complexity index is 205. The first kappa shape index (κ1) is 12.3. The second-order valence-electron chi connectivity index (χ2n) is 4.69. The van der Waals surface area contributed by atoms with E-state index < -0.39 is 0 Å². The molecule has 0 aliphatic heterocycles. The maximum Gasteiger partial charge on any atom is 0.188 e. The van der Waals surface area contributed by atoms with Gasteiger partial charge in [0.25, 0.3) is 0 Å². The fraction of sp³-hybridized carbons (Fsp3) is 0.917. The lowest BCUT2D eigenvalue weighted by Crippen LogP contribution is -2.33. The molecule has 0 aromatic rings. The number of nitrogens with two attached hydrogens (primary N) is 1. The van der Waals surface area contributed by atoms with E-state index in [9.17, 15) is 0 Å². The van der Waals surface area contributed by atoms with E-state index >= 15 is 0 Å². The summed E-state index contributed by atoms with van der Waals surface area (Å²) >= 11 is 0. The lowest BCUT2D eigenvalue weighted by molar-refractivity contribution is 0.297. The summed E-state index contributed by atoms with van der Waals surface area (Å²) in [6.07, 6.45) is 7.71. The predicted octanol–water partition coefficient (Wildman–Crippen LogP) is 2.27. The number of guanidine groups is 1. The highest BCUT2D eigenvalue weighted by Gasteiger charge is 2.31. The van der Waals surface area contributed by atoms with Crippen LogP contribution in [0.2, 0.25) is 0 Å². The van der Waals surface area contributed by atoms with E-state index in [1.807, 2.05) is 0 Å². The molecule has 0 bridgehead atoms. The smallest absolute Gasteiger partial charge is 0.188 e. The van der Waals surface area contributed by atoms with Gasteiger partial charge in [0.2, 0.25) is 0 Å². The normalized spacial score (nSPS) is 20.5. The van der Waals surface area contributed by atoms with Gasteiger partial charge in [0.15, 0.2) is 5.96 Å². The summed E-state index contributed by atoms with van der Waals surface area (Å²) in [7, 11) is 0. The fourth-order valence-electron chi connectivity index (χ4n) is 2.31. The van der Waals surface area contributed by atoms with Crippen LogP contribution < -0.4 is 11.1 Å². The van der Waals surface area contributed by atoms with Gasteiger partial charge in [-0.2, -0.15) is 0 Å². The van der Waals surface area contributed by atoms with Crippen molar-refractivity contribution in [2.45, 2.75) is 52.4 Å². The lowest BCUT2D eigenvalue weighted by atomic mass is 9.84. The molecule has 0 amide bonds. The second kappa shape index (κ2) is 5.99. The fourth-order valence-corrected chi connectivity index (χ4v) is 2.31. The van der Waals surface area contributed by atoms with Crippen LogP contribution in [0.5, 0.6) is 0 Å². The Hall–Kier alpha value is -0.730. The maximum absolute atomic E-state index is 5.79. The Morgan fingerprint density at radius 2 is 2.00 bits per heavy atom. The van der Waals surface area contributed by atoms with Crippen LogP contribution in [0, 0.1) is 5.41 Å². The first-order valence-corrected chi connectivity index (χ1v) is 6.26. The Kier molecular flexibility index (Phi) is 4.92.